The number of methoxy groups -OCH3 is 1. The van der Waals surface area contributed by atoms with Crippen molar-refractivity contribution in [3.63, 3.8) is 0 Å². The molecule has 0 amide bonds. The standard InChI is InChI=1S/C19H15NO2/c1-22-15-10-11-16(19(21)14-7-3-2-4-8-14)17(13-15)18-9-5-6-12-20-18/h2-13H,1H3. The van der Waals surface area contributed by atoms with Gasteiger partial charge in [-0.05, 0) is 30.3 Å². The third-order valence-corrected chi connectivity index (χ3v) is 3.45. The van der Waals surface area contributed by atoms with Gasteiger partial charge in [-0.1, -0.05) is 36.4 Å². The maximum Gasteiger partial charge on any atom is 0.193 e. The maximum absolute atomic E-state index is 12.8. The molecule has 0 aliphatic carbocycles. The van der Waals surface area contributed by atoms with E-state index in [1.165, 1.54) is 0 Å². The molecule has 0 radical (unpaired) electrons. The van der Waals surface area contributed by atoms with Crippen molar-refractivity contribution >= 4 is 5.78 Å². The first kappa shape index (κ1) is 14.0. The van der Waals surface area contributed by atoms with Gasteiger partial charge in [-0.25, -0.2) is 0 Å². The second-order valence-corrected chi connectivity index (χ2v) is 4.82. The van der Waals surface area contributed by atoms with Gasteiger partial charge in [-0.3, -0.25) is 9.78 Å². The number of rotatable bonds is 4. The molecule has 0 N–H and O–H groups in total. The van der Waals surface area contributed by atoms with Gasteiger partial charge in [-0.2, -0.15) is 0 Å². The van der Waals surface area contributed by atoms with Crippen LogP contribution in [-0.2, 0) is 0 Å². The van der Waals surface area contributed by atoms with Gasteiger partial charge in [0.25, 0.3) is 0 Å². The number of benzene rings is 2. The van der Waals surface area contributed by atoms with Gasteiger partial charge in [0.05, 0.1) is 12.8 Å². The highest BCUT2D eigenvalue weighted by atomic mass is 16.5. The van der Waals surface area contributed by atoms with Crippen LogP contribution in [0.1, 0.15) is 15.9 Å². The monoisotopic (exact) mass is 289 g/mol. The zero-order chi connectivity index (χ0) is 15.4. The zero-order valence-electron chi connectivity index (χ0n) is 12.2. The fourth-order valence-corrected chi connectivity index (χ4v) is 2.33. The minimum atomic E-state index is -0.0242. The highest BCUT2D eigenvalue weighted by molar-refractivity contribution is 6.12. The molecular weight excluding hydrogens is 274 g/mol. The van der Waals surface area contributed by atoms with E-state index in [0.717, 1.165) is 11.3 Å². The SMILES string of the molecule is COc1ccc(C(=O)c2ccccc2)c(-c2ccccn2)c1. The molecule has 22 heavy (non-hydrogen) atoms. The topological polar surface area (TPSA) is 39.2 Å². The Morgan fingerprint density at radius 2 is 1.73 bits per heavy atom. The van der Waals surface area contributed by atoms with E-state index < -0.39 is 0 Å². The molecule has 0 atom stereocenters. The number of pyridine rings is 1. The lowest BCUT2D eigenvalue weighted by Crippen LogP contribution is -2.04. The Balaban J connectivity index is 2.14. The maximum atomic E-state index is 12.8. The molecule has 2 aromatic carbocycles. The minimum absolute atomic E-state index is 0.0242. The van der Waals surface area contributed by atoms with Crippen LogP contribution in [0.4, 0.5) is 0 Å². The van der Waals surface area contributed by atoms with E-state index in [1.54, 1.807) is 25.4 Å². The lowest BCUT2D eigenvalue weighted by molar-refractivity contribution is 0.103. The third kappa shape index (κ3) is 2.74. The average Bonchev–Trinajstić information content (AvgIpc) is 2.62. The summed E-state index contributed by atoms with van der Waals surface area (Å²) in [6.45, 7) is 0. The first-order valence-corrected chi connectivity index (χ1v) is 6.99. The van der Waals surface area contributed by atoms with Gasteiger partial charge in [-0.15, -0.1) is 0 Å². The second kappa shape index (κ2) is 6.22. The van der Waals surface area contributed by atoms with Crippen LogP contribution in [0.3, 0.4) is 0 Å². The highest BCUT2D eigenvalue weighted by Crippen LogP contribution is 2.28. The number of aromatic nitrogens is 1. The van der Waals surface area contributed by atoms with Gasteiger partial charge in [0.1, 0.15) is 5.75 Å². The molecule has 0 spiro atoms. The fourth-order valence-electron chi connectivity index (χ4n) is 2.33. The van der Waals surface area contributed by atoms with E-state index in [1.807, 2.05) is 54.6 Å². The molecule has 1 aromatic heterocycles. The van der Waals surface area contributed by atoms with E-state index in [9.17, 15) is 4.79 Å². The molecule has 3 nitrogen and oxygen atoms in total. The van der Waals surface area contributed by atoms with Crippen LogP contribution in [-0.4, -0.2) is 17.9 Å². The predicted molar refractivity (Wildman–Crippen MR) is 86.1 cm³/mol. The van der Waals surface area contributed by atoms with Crippen LogP contribution >= 0.6 is 0 Å². The lowest BCUT2D eigenvalue weighted by Gasteiger charge is -2.10. The summed E-state index contributed by atoms with van der Waals surface area (Å²) >= 11 is 0. The molecule has 0 saturated carbocycles. The van der Waals surface area contributed by atoms with E-state index in [-0.39, 0.29) is 5.78 Å². The van der Waals surface area contributed by atoms with Crippen molar-refractivity contribution in [2.45, 2.75) is 0 Å². The molecule has 3 aromatic rings. The minimum Gasteiger partial charge on any atom is -0.497 e. The largest absolute Gasteiger partial charge is 0.497 e. The van der Waals surface area contributed by atoms with Crippen molar-refractivity contribution in [1.82, 2.24) is 4.98 Å². The van der Waals surface area contributed by atoms with Crippen LogP contribution in [0.5, 0.6) is 5.75 Å². The molecule has 0 fully saturated rings. The molecule has 108 valence electrons. The molecule has 0 aliphatic rings. The quantitative estimate of drug-likeness (QED) is 0.682. The Hall–Kier alpha value is -2.94. The normalized spacial score (nSPS) is 10.2. The molecule has 0 unspecified atom stereocenters. The molecule has 3 heteroatoms. The number of carbonyl (C=O) groups is 1. The Morgan fingerprint density at radius 3 is 2.41 bits per heavy atom. The number of hydrogen-bond acceptors (Lipinski definition) is 3. The summed E-state index contributed by atoms with van der Waals surface area (Å²) in [5.74, 6) is 0.675. The van der Waals surface area contributed by atoms with Crippen molar-refractivity contribution in [1.29, 1.82) is 0 Å². The Bertz CT molecular complexity index is 783. The Kier molecular flexibility index (Phi) is 3.97. The lowest BCUT2D eigenvalue weighted by atomic mass is 9.96. The van der Waals surface area contributed by atoms with Crippen molar-refractivity contribution in [2.24, 2.45) is 0 Å². The van der Waals surface area contributed by atoms with Crippen LogP contribution in [0, 0.1) is 0 Å². The number of ketones is 1. The highest BCUT2D eigenvalue weighted by Gasteiger charge is 2.16. The van der Waals surface area contributed by atoms with Crippen LogP contribution in [0.25, 0.3) is 11.3 Å². The van der Waals surface area contributed by atoms with Crippen molar-refractivity contribution in [2.75, 3.05) is 7.11 Å². The van der Waals surface area contributed by atoms with Gasteiger partial charge >= 0.3 is 0 Å². The van der Waals surface area contributed by atoms with Gasteiger partial charge in [0, 0.05) is 22.9 Å². The van der Waals surface area contributed by atoms with E-state index in [0.29, 0.717) is 16.9 Å². The average molecular weight is 289 g/mol. The van der Waals surface area contributed by atoms with E-state index in [4.69, 9.17) is 4.74 Å². The van der Waals surface area contributed by atoms with Crippen LogP contribution in [0.15, 0.2) is 72.9 Å². The van der Waals surface area contributed by atoms with Crippen molar-refractivity contribution < 1.29 is 9.53 Å². The second-order valence-electron chi connectivity index (χ2n) is 4.82. The van der Waals surface area contributed by atoms with Gasteiger partial charge in [0.15, 0.2) is 5.78 Å². The van der Waals surface area contributed by atoms with Crippen LogP contribution in [0.2, 0.25) is 0 Å². The molecule has 1 heterocycles. The molecule has 0 bridgehead atoms. The van der Waals surface area contributed by atoms with Crippen molar-refractivity contribution in [3.8, 4) is 17.0 Å². The summed E-state index contributed by atoms with van der Waals surface area (Å²) in [5.41, 5.74) is 2.80. The van der Waals surface area contributed by atoms with Gasteiger partial charge < -0.3 is 4.74 Å². The summed E-state index contributed by atoms with van der Waals surface area (Å²) < 4.78 is 5.28. The number of hydrogen-bond donors (Lipinski definition) is 0. The first-order chi connectivity index (χ1) is 10.8. The zero-order valence-corrected chi connectivity index (χ0v) is 12.2. The summed E-state index contributed by atoms with van der Waals surface area (Å²) in [6, 6.07) is 20.3. The molecule has 0 saturated heterocycles. The molecular formula is C19H15NO2. The fraction of sp³-hybridized carbons (Fsp3) is 0.0526. The first-order valence-electron chi connectivity index (χ1n) is 6.99. The van der Waals surface area contributed by atoms with Gasteiger partial charge in [0.2, 0.25) is 0 Å². The number of nitrogens with zero attached hydrogens (tertiary/aromatic N) is 1. The Labute approximate surface area is 129 Å². The number of carbonyl (C=O) groups excluding carboxylic acids is 1. The van der Waals surface area contributed by atoms with E-state index in [2.05, 4.69) is 4.98 Å². The third-order valence-electron chi connectivity index (χ3n) is 3.45. The van der Waals surface area contributed by atoms with Crippen LogP contribution < -0.4 is 4.74 Å². The summed E-state index contributed by atoms with van der Waals surface area (Å²) in [7, 11) is 1.61. The predicted octanol–water partition coefficient (Wildman–Crippen LogP) is 3.99. The summed E-state index contributed by atoms with van der Waals surface area (Å²) in [6.07, 6.45) is 1.71. The summed E-state index contributed by atoms with van der Waals surface area (Å²) in [5, 5.41) is 0. The number of ether oxygens (including phenoxy) is 1. The molecule has 3 rings (SSSR count). The molecule has 0 aliphatic heterocycles. The summed E-state index contributed by atoms with van der Waals surface area (Å²) in [4.78, 5) is 17.1. The van der Waals surface area contributed by atoms with Crippen molar-refractivity contribution in [3.05, 3.63) is 84.1 Å². The smallest absolute Gasteiger partial charge is 0.193 e. The van der Waals surface area contributed by atoms with E-state index >= 15 is 0 Å². The Morgan fingerprint density at radius 1 is 0.955 bits per heavy atom.